The maximum absolute atomic E-state index is 12.5. The van der Waals surface area contributed by atoms with Crippen molar-refractivity contribution in [2.75, 3.05) is 0 Å². The van der Waals surface area contributed by atoms with Gasteiger partial charge in [0.1, 0.15) is 0 Å². The molecule has 0 N–H and O–H groups in total. The lowest BCUT2D eigenvalue weighted by molar-refractivity contribution is 0.103. The SMILES string of the molecule is O=C(c1cc(Br)sc1Br)c1c(Cl)cc(Cl)c(Cl)c1Cl. The molecule has 0 aliphatic heterocycles. The predicted octanol–water partition coefficient (Wildman–Crippen LogP) is 7.12. The average Bonchev–Trinajstić information content (AvgIpc) is 2.65. The Kier molecular flexibility index (Phi) is 5.27. The molecule has 0 spiro atoms. The fraction of sp³-hybridized carbons (Fsp3) is 0. The van der Waals surface area contributed by atoms with Gasteiger partial charge in [-0.05, 0) is 44.0 Å². The van der Waals surface area contributed by atoms with Crippen molar-refractivity contribution in [1.82, 2.24) is 0 Å². The second-order valence-electron chi connectivity index (χ2n) is 3.41. The summed E-state index contributed by atoms with van der Waals surface area (Å²) >= 11 is 31.9. The standard InChI is InChI=1S/C11H2Br2Cl4OS/c12-6-1-3(11(13)19-6)10(18)7-4(14)2-5(15)8(16)9(7)17/h1-2H. The summed E-state index contributed by atoms with van der Waals surface area (Å²) in [4.78, 5) is 12.5. The van der Waals surface area contributed by atoms with E-state index in [1.165, 1.54) is 17.4 Å². The van der Waals surface area contributed by atoms with Crippen LogP contribution in [0.1, 0.15) is 15.9 Å². The monoisotopic (exact) mass is 480 g/mol. The molecular formula is C11H2Br2Cl4OS. The van der Waals surface area contributed by atoms with Gasteiger partial charge in [0.2, 0.25) is 0 Å². The summed E-state index contributed by atoms with van der Waals surface area (Å²) in [5.74, 6) is -0.317. The van der Waals surface area contributed by atoms with Gasteiger partial charge < -0.3 is 0 Å². The molecule has 0 radical (unpaired) electrons. The van der Waals surface area contributed by atoms with Crippen molar-refractivity contribution in [3.8, 4) is 0 Å². The zero-order valence-electron chi connectivity index (χ0n) is 8.74. The molecule has 0 aliphatic carbocycles. The van der Waals surface area contributed by atoms with Gasteiger partial charge in [0, 0.05) is 5.56 Å². The van der Waals surface area contributed by atoms with Crippen LogP contribution >= 0.6 is 89.6 Å². The van der Waals surface area contributed by atoms with Gasteiger partial charge in [-0.25, -0.2) is 0 Å². The van der Waals surface area contributed by atoms with Crippen molar-refractivity contribution >= 4 is 95.4 Å². The number of rotatable bonds is 2. The number of halogens is 6. The van der Waals surface area contributed by atoms with Crippen molar-refractivity contribution in [2.24, 2.45) is 0 Å². The lowest BCUT2D eigenvalue weighted by Gasteiger charge is -2.08. The summed E-state index contributed by atoms with van der Waals surface area (Å²) < 4.78 is 1.50. The fourth-order valence-electron chi connectivity index (χ4n) is 1.40. The first-order chi connectivity index (χ1) is 8.82. The van der Waals surface area contributed by atoms with E-state index in [0.29, 0.717) is 9.35 Å². The summed E-state index contributed by atoms with van der Waals surface area (Å²) in [6.07, 6.45) is 0. The van der Waals surface area contributed by atoms with E-state index in [-0.39, 0.29) is 31.4 Å². The van der Waals surface area contributed by atoms with Gasteiger partial charge in [0.05, 0.1) is 33.2 Å². The summed E-state index contributed by atoms with van der Waals surface area (Å²) in [5.41, 5.74) is 0.600. The quantitative estimate of drug-likeness (QED) is 0.252. The minimum absolute atomic E-state index is 0.0541. The van der Waals surface area contributed by atoms with Crippen LogP contribution in [0, 0.1) is 0 Å². The molecule has 1 heterocycles. The van der Waals surface area contributed by atoms with Gasteiger partial charge in [0.25, 0.3) is 0 Å². The fourth-order valence-corrected chi connectivity index (χ4v) is 5.28. The Bertz CT molecular complexity index is 684. The van der Waals surface area contributed by atoms with Gasteiger partial charge in [-0.15, -0.1) is 11.3 Å². The molecule has 19 heavy (non-hydrogen) atoms. The first-order valence-electron chi connectivity index (χ1n) is 4.65. The Morgan fingerprint density at radius 2 is 1.63 bits per heavy atom. The Morgan fingerprint density at radius 3 is 2.16 bits per heavy atom. The lowest BCUT2D eigenvalue weighted by atomic mass is 10.1. The molecule has 0 bridgehead atoms. The minimum atomic E-state index is -0.317. The first kappa shape index (κ1) is 16.1. The highest BCUT2D eigenvalue weighted by Crippen LogP contribution is 2.40. The van der Waals surface area contributed by atoms with E-state index in [9.17, 15) is 4.79 Å². The highest BCUT2D eigenvalue weighted by molar-refractivity contribution is 9.12. The number of hydrogen-bond donors (Lipinski definition) is 0. The summed E-state index contributed by atoms with van der Waals surface area (Å²) in [6.45, 7) is 0. The summed E-state index contributed by atoms with van der Waals surface area (Å²) in [7, 11) is 0. The maximum Gasteiger partial charge on any atom is 0.198 e. The molecule has 2 rings (SSSR count). The highest BCUT2D eigenvalue weighted by atomic mass is 79.9. The van der Waals surface area contributed by atoms with Crippen molar-refractivity contribution in [3.05, 3.63) is 50.9 Å². The van der Waals surface area contributed by atoms with E-state index in [0.717, 1.165) is 3.79 Å². The maximum atomic E-state index is 12.5. The molecule has 1 nitrogen and oxygen atoms in total. The Labute approximate surface area is 150 Å². The topological polar surface area (TPSA) is 17.1 Å². The van der Waals surface area contributed by atoms with Crippen LogP contribution in [0.25, 0.3) is 0 Å². The zero-order chi connectivity index (χ0) is 14.3. The Morgan fingerprint density at radius 1 is 1.00 bits per heavy atom. The number of ketones is 1. The van der Waals surface area contributed by atoms with Crippen LogP contribution in [0.3, 0.4) is 0 Å². The van der Waals surface area contributed by atoms with Crippen LogP contribution in [0.5, 0.6) is 0 Å². The van der Waals surface area contributed by atoms with Crippen LogP contribution in [0.4, 0.5) is 0 Å². The third kappa shape index (κ3) is 3.15. The zero-order valence-corrected chi connectivity index (χ0v) is 15.8. The minimum Gasteiger partial charge on any atom is -0.288 e. The van der Waals surface area contributed by atoms with Crippen molar-refractivity contribution in [3.63, 3.8) is 0 Å². The molecule has 1 aromatic heterocycles. The highest BCUT2D eigenvalue weighted by Gasteiger charge is 2.23. The molecule has 0 saturated carbocycles. The van der Waals surface area contributed by atoms with Crippen molar-refractivity contribution in [2.45, 2.75) is 0 Å². The lowest BCUT2D eigenvalue weighted by Crippen LogP contribution is -2.03. The number of carbonyl (C=O) groups excluding carboxylic acids is 1. The molecule has 0 atom stereocenters. The smallest absolute Gasteiger partial charge is 0.198 e. The summed E-state index contributed by atoms with van der Waals surface area (Å²) in [5, 5.41) is 0.539. The van der Waals surface area contributed by atoms with Gasteiger partial charge in [0.15, 0.2) is 5.78 Å². The van der Waals surface area contributed by atoms with E-state index in [1.807, 2.05) is 0 Å². The molecule has 0 saturated heterocycles. The average molecular weight is 484 g/mol. The number of carbonyl (C=O) groups is 1. The Balaban J connectivity index is 2.63. The van der Waals surface area contributed by atoms with E-state index < -0.39 is 0 Å². The van der Waals surface area contributed by atoms with E-state index in [2.05, 4.69) is 31.9 Å². The number of benzene rings is 1. The normalized spacial score (nSPS) is 10.8. The molecule has 0 unspecified atom stereocenters. The molecule has 8 heteroatoms. The van der Waals surface area contributed by atoms with Crippen LogP contribution in [0.15, 0.2) is 19.7 Å². The van der Waals surface area contributed by atoms with Crippen LogP contribution in [0.2, 0.25) is 20.1 Å². The van der Waals surface area contributed by atoms with Crippen LogP contribution in [-0.2, 0) is 0 Å². The van der Waals surface area contributed by atoms with Gasteiger partial charge >= 0.3 is 0 Å². The van der Waals surface area contributed by atoms with Gasteiger partial charge in [-0.2, -0.15) is 0 Å². The van der Waals surface area contributed by atoms with E-state index in [4.69, 9.17) is 46.4 Å². The molecule has 0 amide bonds. The first-order valence-corrected chi connectivity index (χ1v) is 8.57. The molecule has 0 fully saturated rings. The van der Waals surface area contributed by atoms with Gasteiger partial charge in [-0.3, -0.25) is 4.79 Å². The summed E-state index contributed by atoms with van der Waals surface area (Å²) in [6, 6.07) is 3.09. The largest absolute Gasteiger partial charge is 0.288 e. The number of thiophene rings is 1. The van der Waals surface area contributed by atoms with Crippen molar-refractivity contribution < 1.29 is 4.79 Å². The Hall–Kier alpha value is 0.710. The second-order valence-corrected chi connectivity index (χ2v) is 8.73. The van der Waals surface area contributed by atoms with Crippen LogP contribution in [-0.4, -0.2) is 5.78 Å². The predicted molar refractivity (Wildman–Crippen MR) is 89.6 cm³/mol. The second kappa shape index (κ2) is 6.22. The van der Waals surface area contributed by atoms with Crippen molar-refractivity contribution in [1.29, 1.82) is 0 Å². The number of hydrogen-bond acceptors (Lipinski definition) is 2. The molecule has 1 aromatic carbocycles. The van der Waals surface area contributed by atoms with E-state index in [1.54, 1.807) is 6.07 Å². The molecular weight excluding hydrogens is 482 g/mol. The van der Waals surface area contributed by atoms with E-state index >= 15 is 0 Å². The van der Waals surface area contributed by atoms with Gasteiger partial charge in [-0.1, -0.05) is 46.4 Å². The molecule has 0 aliphatic rings. The third-order valence-corrected chi connectivity index (χ3v) is 6.14. The third-order valence-electron chi connectivity index (χ3n) is 2.24. The van der Waals surface area contributed by atoms with Crippen LogP contribution < -0.4 is 0 Å². The molecule has 100 valence electrons. The molecule has 2 aromatic rings.